The Bertz CT molecular complexity index is 654. The maximum Gasteiger partial charge on any atom is 0.573 e. The monoisotopic (exact) mass is 352 g/mol. The summed E-state index contributed by atoms with van der Waals surface area (Å²) >= 11 is 0. The van der Waals surface area contributed by atoms with Crippen LogP contribution in [-0.4, -0.2) is 30.5 Å². The van der Waals surface area contributed by atoms with Crippen LogP contribution < -0.4 is 9.64 Å². The van der Waals surface area contributed by atoms with Crippen molar-refractivity contribution in [2.75, 3.05) is 18.0 Å². The lowest BCUT2D eigenvalue weighted by molar-refractivity contribution is -0.274. The molecule has 3 rings (SSSR count). The molecule has 0 bridgehead atoms. The summed E-state index contributed by atoms with van der Waals surface area (Å²) in [5, 5.41) is 0. The zero-order valence-corrected chi connectivity index (χ0v) is 13.6. The van der Waals surface area contributed by atoms with Gasteiger partial charge in [0.05, 0.1) is 12.7 Å². The second kappa shape index (κ2) is 7.74. The van der Waals surface area contributed by atoms with Crippen molar-refractivity contribution < 1.29 is 22.6 Å². The van der Waals surface area contributed by atoms with Crippen molar-refractivity contribution >= 4 is 5.82 Å². The highest BCUT2D eigenvalue weighted by molar-refractivity contribution is 5.38. The van der Waals surface area contributed by atoms with Crippen LogP contribution >= 0.6 is 0 Å². The Kier molecular flexibility index (Phi) is 5.43. The molecule has 0 unspecified atom stereocenters. The van der Waals surface area contributed by atoms with Gasteiger partial charge >= 0.3 is 6.36 Å². The van der Waals surface area contributed by atoms with E-state index in [1.165, 1.54) is 12.1 Å². The van der Waals surface area contributed by atoms with E-state index in [9.17, 15) is 13.2 Å². The summed E-state index contributed by atoms with van der Waals surface area (Å²) in [5.41, 5.74) is 0.821. The zero-order chi connectivity index (χ0) is 17.7. The topological polar surface area (TPSA) is 34.6 Å². The SMILES string of the molecule is FC(F)(F)Oc1ccc(COC2CCN(c3ccccn3)CC2)cc1. The molecule has 1 aliphatic heterocycles. The summed E-state index contributed by atoms with van der Waals surface area (Å²) in [4.78, 5) is 6.57. The van der Waals surface area contributed by atoms with Crippen molar-refractivity contribution in [3.8, 4) is 5.75 Å². The van der Waals surface area contributed by atoms with Gasteiger partial charge in [0.1, 0.15) is 11.6 Å². The van der Waals surface area contributed by atoms with Gasteiger partial charge in [0.25, 0.3) is 0 Å². The fraction of sp³-hybridized carbons (Fsp3) is 0.389. The van der Waals surface area contributed by atoms with Crippen molar-refractivity contribution in [1.29, 1.82) is 0 Å². The fourth-order valence-corrected chi connectivity index (χ4v) is 2.79. The van der Waals surface area contributed by atoms with Crippen LogP contribution in [0.2, 0.25) is 0 Å². The molecule has 134 valence electrons. The third kappa shape index (κ3) is 5.35. The number of ether oxygens (including phenoxy) is 2. The summed E-state index contributed by atoms with van der Waals surface area (Å²) in [7, 11) is 0. The van der Waals surface area contributed by atoms with E-state index in [-0.39, 0.29) is 11.9 Å². The Morgan fingerprint density at radius 1 is 1.04 bits per heavy atom. The lowest BCUT2D eigenvalue weighted by Crippen LogP contribution is -2.37. The van der Waals surface area contributed by atoms with Crippen molar-refractivity contribution in [3.63, 3.8) is 0 Å². The Hall–Kier alpha value is -2.28. The molecule has 7 heteroatoms. The van der Waals surface area contributed by atoms with Crippen LogP contribution in [0, 0.1) is 0 Å². The highest BCUT2D eigenvalue weighted by atomic mass is 19.4. The molecule has 0 radical (unpaired) electrons. The molecule has 25 heavy (non-hydrogen) atoms. The molecule has 1 aromatic carbocycles. The van der Waals surface area contributed by atoms with Crippen LogP contribution in [0.25, 0.3) is 0 Å². The van der Waals surface area contributed by atoms with Gasteiger partial charge in [-0.2, -0.15) is 0 Å². The fourth-order valence-electron chi connectivity index (χ4n) is 2.79. The summed E-state index contributed by atoms with van der Waals surface area (Å²) in [5.74, 6) is 0.751. The number of halogens is 3. The number of hydrogen-bond donors (Lipinski definition) is 0. The van der Waals surface area contributed by atoms with E-state index in [1.807, 2.05) is 18.2 Å². The molecule has 1 aliphatic rings. The maximum atomic E-state index is 12.1. The maximum absolute atomic E-state index is 12.1. The van der Waals surface area contributed by atoms with Gasteiger partial charge in [-0.1, -0.05) is 18.2 Å². The number of aromatic nitrogens is 1. The normalized spacial score (nSPS) is 16.0. The molecule has 2 aromatic rings. The molecular formula is C18H19F3N2O2. The summed E-state index contributed by atoms with van der Waals surface area (Å²) < 4.78 is 46.1. The van der Waals surface area contributed by atoms with Crippen molar-refractivity contribution in [2.24, 2.45) is 0 Å². The van der Waals surface area contributed by atoms with E-state index in [0.29, 0.717) is 6.61 Å². The minimum atomic E-state index is -4.67. The molecule has 1 saturated heterocycles. The van der Waals surface area contributed by atoms with Crippen LogP contribution in [-0.2, 0) is 11.3 Å². The summed E-state index contributed by atoms with van der Waals surface area (Å²) in [6, 6.07) is 11.6. The summed E-state index contributed by atoms with van der Waals surface area (Å²) in [6.07, 6.45) is -0.951. The van der Waals surface area contributed by atoms with Crippen LogP contribution in [0.1, 0.15) is 18.4 Å². The molecule has 0 N–H and O–H groups in total. The molecule has 1 fully saturated rings. The van der Waals surface area contributed by atoms with Crippen molar-refractivity contribution in [2.45, 2.75) is 31.9 Å². The van der Waals surface area contributed by atoms with Gasteiger partial charge in [0.2, 0.25) is 0 Å². The highest BCUT2D eigenvalue weighted by Crippen LogP contribution is 2.24. The molecule has 4 nitrogen and oxygen atoms in total. The predicted octanol–water partition coefficient (Wildman–Crippen LogP) is 4.17. The number of alkyl halides is 3. The zero-order valence-electron chi connectivity index (χ0n) is 13.6. The van der Waals surface area contributed by atoms with E-state index in [0.717, 1.165) is 37.3 Å². The lowest BCUT2D eigenvalue weighted by atomic mass is 10.1. The standard InChI is InChI=1S/C18H19F3N2O2/c19-18(20,21)25-16-6-4-14(5-7-16)13-24-15-8-11-23(12-9-15)17-3-1-2-10-22-17/h1-7,10,15H,8-9,11-13H2. The van der Waals surface area contributed by atoms with Gasteiger partial charge in [-0.25, -0.2) is 4.98 Å². The van der Waals surface area contributed by atoms with E-state index in [1.54, 1.807) is 18.3 Å². The van der Waals surface area contributed by atoms with Crippen LogP contribution in [0.15, 0.2) is 48.7 Å². The smallest absolute Gasteiger partial charge is 0.406 e. The average Bonchev–Trinajstić information content (AvgIpc) is 2.61. The number of piperidine rings is 1. The number of hydrogen-bond acceptors (Lipinski definition) is 4. The molecule has 1 aromatic heterocycles. The minimum absolute atomic E-state index is 0.145. The predicted molar refractivity (Wildman–Crippen MR) is 87.4 cm³/mol. The van der Waals surface area contributed by atoms with Gasteiger partial charge in [-0.15, -0.1) is 13.2 Å². The molecular weight excluding hydrogens is 333 g/mol. The average molecular weight is 352 g/mol. The minimum Gasteiger partial charge on any atom is -0.406 e. The van der Waals surface area contributed by atoms with Crippen molar-refractivity contribution in [1.82, 2.24) is 4.98 Å². The van der Waals surface area contributed by atoms with E-state index in [4.69, 9.17) is 4.74 Å². The third-order valence-electron chi connectivity index (χ3n) is 4.06. The van der Waals surface area contributed by atoms with E-state index >= 15 is 0 Å². The van der Waals surface area contributed by atoms with Crippen molar-refractivity contribution in [3.05, 3.63) is 54.2 Å². The van der Waals surface area contributed by atoms with Gasteiger partial charge in [0, 0.05) is 19.3 Å². The number of nitrogens with zero attached hydrogens (tertiary/aromatic N) is 2. The number of pyridine rings is 1. The Balaban J connectivity index is 1.44. The number of rotatable bonds is 5. The second-order valence-corrected chi connectivity index (χ2v) is 5.88. The Morgan fingerprint density at radius 3 is 2.36 bits per heavy atom. The first-order valence-electron chi connectivity index (χ1n) is 8.12. The first-order chi connectivity index (χ1) is 12.0. The molecule has 0 spiro atoms. The molecule has 0 atom stereocenters. The number of anilines is 1. The van der Waals surface area contributed by atoms with E-state index < -0.39 is 6.36 Å². The molecule has 0 saturated carbocycles. The van der Waals surface area contributed by atoms with Crippen LogP contribution in [0.3, 0.4) is 0 Å². The van der Waals surface area contributed by atoms with Crippen LogP contribution in [0.4, 0.5) is 19.0 Å². The van der Waals surface area contributed by atoms with Crippen LogP contribution in [0.5, 0.6) is 5.75 Å². The largest absolute Gasteiger partial charge is 0.573 e. The third-order valence-corrected chi connectivity index (χ3v) is 4.06. The lowest BCUT2D eigenvalue weighted by Gasteiger charge is -2.32. The van der Waals surface area contributed by atoms with Gasteiger partial charge in [-0.05, 0) is 42.7 Å². The van der Waals surface area contributed by atoms with Gasteiger partial charge < -0.3 is 14.4 Å². The second-order valence-electron chi connectivity index (χ2n) is 5.88. The first-order valence-corrected chi connectivity index (χ1v) is 8.12. The molecule has 0 amide bonds. The summed E-state index contributed by atoms with van der Waals surface area (Å²) in [6.45, 7) is 2.13. The quantitative estimate of drug-likeness (QED) is 0.809. The molecule has 2 heterocycles. The number of benzene rings is 1. The van der Waals surface area contributed by atoms with E-state index in [2.05, 4.69) is 14.6 Å². The first kappa shape index (κ1) is 17.5. The van der Waals surface area contributed by atoms with Gasteiger partial charge in [0.15, 0.2) is 0 Å². The molecule has 0 aliphatic carbocycles. The highest BCUT2D eigenvalue weighted by Gasteiger charge is 2.31. The Morgan fingerprint density at radius 2 is 1.76 bits per heavy atom. The Labute approximate surface area is 144 Å². The van der Waals surface area contributed by atoms with Gasteiger partial charge in [-0.3, -0.25) is 0 Å².